The van der Waals surface area contributed by atoms with E-state index < -0.39 is 0 Å². The number of methoxy groups -OCH3 is 1. The molecule has 0 aliphatic rings. The van der Waals surface area contributed by atoms with Crippen LogP contribution >= 0.6 is 15.9 Å². The highest BCUT2D eigenvalue weighted by Gasteiger charge is 2.06. The largest absolute Gasteiger partial charge is 0.383 e. The van der Waals surface area contributed by atoms with Gasteiger partial charge in [-0.2, -0.15) is 0 Å². The van der Waals surface area contributed by atoms with Crippen LogP contribution in [0.15, 0.2) is 0 Å². The average molecular weight is 266 g/mol. The van der Waals surface area contributed by atoms with Crippen molar-refractivity contribution in [3.8, 4) is 0 Å². The normalized spacial score (nSPS) is 13.5. The maximum Gasteiger partial charge on any atom is 0.0600 e. The number of hydrogen-bond acceptors (Lipinski definition) is 2. The third-order valence-electron chi connectivity index (χ3n) is 2.25. The molecule has 14 heavy (non-hydrogen) atoms. The van der Waals surface area contributed by atoms with Gasteiger partial charge in [-0.3, -0.25) is 0 Å². The van der Waals surface area contributed by atoms with E-state index in [-0.39, 0.29) is 0 Å². The van der Waals surface area contributed by atoms with Crippen molar-refractivity contribution < 1.29 is 4.74 Å². The fourth-order valence-electron chi connectivity index (χ4n) is 1.47. The topological polar surface area (TPSA) is 12.5 Å². The predicted octanol–water partition coefficient (Wildman–Crippen LogP) is 2.91. The van der Waals surface area contributed by atoms with Crippen molar-refractivity contribution in [1.82, 2.24) is 4.90 Å². The van der Waals surface area contributed by atoms with Crippen LogP contribution in [0, 0.1) is 0 Å². The summed E-state index contributed by atoms with van der Waals surface area (Å²) in [4.78, 5) is 2.83. The number of rotatable bonds is 9. The number of ether oxygens (including phenoxy) is 1. The Kier molecular flexibility index (Phi) is 10.2. The lowest BCUT2D eigenvalue weighted by Gasteiger charge is -2.19. The zero-order valence-electron chi connectivity index (χ0n) is 9.76. The molecule has 0 saturated carbocycles. The van der Waals surface area contributed by atoms with Crippen molar-refractivity contribution in [3.63, 3.8) is 0 Å². The van der Waals surface area contributed by atoms with Gasteiger partial charge in [-0.1, -0.05) is 42.1 Å². The molecular weight excluding hydrogens is 242 g/mol. The van der Waals surface area contributed by atoms with Gasteiger partial charge in [0.15, 0.2) is 0 Å². The van der Waals surface area contributed by atoms with Crippen molar-refractivity contribution in [2.24, 2.45) is 0 Å². The highest BCUT2D eigenvalue weighted by molar-refractivity contribution is 9.09. The Hall–Kier alpha value is 0.400. The molecule has 1 unspecified atom stereocenters. The summed E-state index contributed by atoms with van der Waals surface area (Å²) >= 11 is 3.59. The minimum atomic E-state index is 0.462. The second-order valence-electron chi connectivity index (χ2n) is 3.88. The SMILES string of the molecule is CCCCCCN(C)CC(Br)COC. The Bertz CT molecular complexity index is 122. The van der Waals surface area contributed by atoms with E-state index in [1.807, 2.05) is 0 Å². The van der Waals surface area contributed by atoms with Crippen LogP contribution in [0.4, 0.5) is 0 Å². The summed E-state index contributed by atoms with van der Waals surface area (Å²) in [7, 11) is 3.92. The maximum absolute atomic E-state index is 5.07. The van der Waals surface area contributed by atoms with Gasteiger partial charge in [-0.15, -0.1) is 0 Å². The van der Waals surface area contributed by atoms with Crippen LogP contribution in [-0.4, -0.2) is 43.6 Å². The highest BCUT2D eigenvalue weighted by Crippen LogP contribution is 2.04. The molecule has 0 bridgehead atoms. The van der Waals surface area contributed by atoms with Gasteiger partial charge < -0.3 is 9.64 Å². The number of halogens is 1. The smallest absolute Gasteiger partial charge is 0.0600 e. The van der Waals surface area contributed by atoms with Gasteiger partial charge in [-0.05, 0) is 20.0 Å². The third kappa shape index (κ3) is 8.97. The molecule has 0 aromatic carbocycles. The number of hydrogen-bond donors (Lipinski definition) is 0. The Balaban J connectivity index is 3.30. The molecule has 0 heterocycles. The highest BCUT2D eigenvalue weighted by atomic mass is 79.9. The van der Waals surface area contributed by atoms with Crippen molar-refractivity contribution in [2.75, 3.05) is 33.9 Å². The molecule has 0 radical (unpaired) electrons. The first kappa shape index (κ1) is 14.4. The predicted molar refractivity (Wildman–Crippen MR) is 66.2 cm³/mol. The lowest BCUT2D eigenvalue weighted by Crippen LogP contribution is -2.29. The first-order valence-corrected chi connectivity index (χ1v) is 6.43. The van der Waals surface area contributed by atoms with E-state index >= 15 is 0 Å². The number of nitrogens with zero attached hydrogens (tertiary/aromatic N) is 1. The molecule has 2 nitrogen and oxygen atoms in total. The van der Waals surface area contributed by atoms with Crippen molar-refractivity contribution in [1.29, 1.82) is 0 Å². The third-order valence-corrected chi connectivity index (χ3v) is 2.80. The Morgan fingerprint density at radius 2 is 2.00 bits per heavy atom. The van der Waals surface area contributed by atoms with Crippen LogP contribution in [0.2, 0.25) is 0 Å². The Morgan fingerprint density at radius 3 is 2.57 bits per heavy atom. The Morgan fingerprint density at radius 1 is 1.29 bits per heavy atom. The van der Waals surface area contributed by atoms with E-state index in [4.69, 9.17) is 4.74 Å². The second-order valence-corrected chi connectivity index (χ2v) is 5.17. The van der Waals surface area contributed by atoms with E-state index in [1.165, 1.54) is 32.2 Å². The molecule has 0 aliphatic carbocycles. The average Bonchev–Trinajstić information content (AvgIpc) is 2.13. The summed E-state index contributed by atoms with van der Waals surface area (Å²) in [5, 5.41) is 0. The van der Waals surface area contributed by atoms with E-state index in [1.54, 1.807) is 7.11 Å². The lowest BCUT2D eigenvalue weighted by molar-refractivity contribution is 0.185. The molecule has 0 amide bonds. The molecule has 86 valence electrons. The number of unbranched alkanes of at least 4 members (excludes halogenated alkanes) is 3. The molecule has 0 fully saturated rings. The lowest BCUT2D eigenvalue weighted by atomic mass is 10.2. The minimum Gasteiger partial charge on any atom is -0.383 e. The summed E-state index contributed by atoms with van der Waals surface area (Å²) in [5.41, 5.74) is 0. The monoisotopic (exact) mass is 265 g/mol. The summed E-state index contributed by atoms with van der Waals surface area (Å²) < 4.78 is 5.07. The summed E-state index contributed by atoms with van der Waals surface area (Å²) in [6.07, 6.45) is 5.35. The van der Waals surface area contributed by atoms with Gasteiger partial charge in [0.1, 0.15) is 0 Å². The molecule has 0 aromatic rings. The maximum atomic E-state index is 5.07. The summed E-state index contributed by atoms with van der Waals surface area (Å²) in [6, 6.07) is 0. The fraction of sp³-hybridized carbons (Fsp3) is 1.00. The van der Waals surface area contributed by atoms with Crippen LogP contribution in [0.1, 0.15) is 32.6 Å². The van der Waals surface area contributed by atoms with Crippen LogP contribution in [-0.2, 0) is 4.74 Å². The first-order valence-electron chi connectivity index (χ1n) is 5.52. The zero-order chi connectivity index (χ0) is 10.8. The van der Waals surface area contributed by atoms with Gasteiger partial charge in [-0.25, -0.2) is 0 Å². The fourth-order valence-corrected chi connectivity index (χ4v) is 2.23. The summed E-state index contributed by atoms with van der Waals surface area (Å²) in [6.45, 7) is 5.31. The molecule has 0 N–H and O–H groups in total. The van der Waals surface area contributed by atoms with Crippen molar-refractivity contribution >= 4 is 15.9 Å². The molecule has 0 aromatic heterocycles. The van der Waals surface area contributed by atoms with Crippen LogP contribution in [0.25, 0.3) is 0 Å². The van der Waals surface area contributed by atoms with Gasteiger partial charge in [0, 0.05) is 13.7 Å². The van der Waals surface area contributed by atoms with Crippen molar-refractivity contribution in [3.05, 3.63) is 0 Å². The molecule has 0 rings (SSSR count). The Labute approximate surface area is 97.1 Å². The van der Waals surface area contributed by atoms with Gasteiger partial charge in [0.25, 0.3) is 0 Å². The summed E-state index contributed by atoms with van der Waals surface area (Å²) in [5.74, 6) is 0. The first-order chi connectivity index (χ1) is 6.70. The second kappa shape index (κ2) is 9.94. The molecular formula is C11H24BrNO. The molecule has 1 atom stereocenters. The quantitative estimate of drug-likeness (QED) is 0.470. The van der Waals surface area contributed by atoms with Gasteiger partial charge in [0.2, 0.25) is 0 Å². The van der Waals surface area contributed by atoms with Crippen molar-refractivity contribution in [2.45, 2.75) is 37.4 Å². The van der Waals surface area contributed by atoms with E-state index in [0.29, 0.717) is 4.83 Å². The van der Waals surface area contributed by atoms with Crippen LogP contribution in [0.5, 0.6) is 0 Å². The minimum absolute atomic E-state index is 0.462. The van der Waals surface area contributed by atoms with E-state index in [9.17, 15) is 0 Å². The van der Waals surface area contributed by atoms with Gasteiger partial charge in [0.05, 0.1) is 11.4 Å². The van der Waals surface area contributed by atoms with Crippen LogP contribution in [0.3, 0.4) is 0 Å². The number of alkyl halides is 1. The standard InChI is InChI=1S/C11H24BrNO/c1-4-5-6-7-8-13(2)9-11(12)10-14-3/h11H,4-10H2,1-3H3. The van der Waals surface area contributed by atoms with E-state index in [0.717, 1.165) is 13.2 Å². The van der Waals surface area contributed by atoms with Crippen LogP contribution < -0.4 is 0 Å². The molecule has 3 heteroatoms. The van der Waals surface area contributed by atoms with Gasteiger partial charge >= 0.3 is 0 Å². The van der Waals surface area contributed by atoms with E-state index in [2.05, 4.69) is 34.8 Å². The molecule has 0 spiro atoms. The molecule has 0 aliphatic heterocycles. The zero-order valence-corrected chi connectivity index (χ0v) is 11.3. The molecule has 0 saturated heterocycles.